The topological polar surface area (TPSA) is 17.1 Å². The highest BCUT2D eigenvalue weighted by Crippen LogP contribution is 2.24. The fraction of sp³-hybridized carbons (Fsp3) is 0.182. The van der Waals surface area contributed by atoms with Gasteiger partial charge in [0.2, 0.25) is 0 Å². The summed E-state index contributed by atoms with van der Waals surface area (Å²) in [7, 11) is 0. The van der Waals surface area contributed by atoms with Gasteiger partial charge in [0.15, 0.2) is 5.78 Å². The third kappa shape index (κ3) is 2.72. The Morgan fingerprint density at radius 3 is 2.29 bits per heavy atom. The van der Waals surface area contributed by atoms with Crippen molar-refractivity contribution in [2.24, 2.45) is 0 Å². The summed E-state index contributed by atoms with van der Waals surface area (Å²) in [5.41, 5.74) is 0.732. The van der Waals surface area contributed by atoms with Crippen molar-refractivity contribution in [2.75, 3.05) is 6.26 Å². The molecule has 0 radical (unpaired) electrons. The molecule has 74 valence electrons. The SMILES string of the molecule is CSC(C(=O)c1ccccc1)=C(C)Br. The van der Waals surface area contributed by atoms with Crippen LogP contribution < -0.4 is 0 Å². The Morgan fingerprint density at radius 2 is 1.86 bits per heavy atom. The van der Waals surface area contributed by atoms with Gasteiger partial charge < -0.3 is 0 Å². The first-order valence-corrected chi connectivity index (χ1v) is 6.18. The molecule has 14 heavy (non-hydrogen) atoms. The molecular formula is C11H11BrOS. The molecule has 0 aliphatic rings. The molecule has 0 fully saturated rings. The van der Waals surface area contributed by atoms with E-state index < -0.39 is 0 Å². The van der Waals surface area contributed by atoms with Crippen LogP contribution in [-0.4, -0.2) is 12.0 Å². The lowest BCUT2D eigenvalue weighted by atomic mass is 10.1. The van der Waals surface area contributed by atoms with E-state index >= 15 is 0 Å². The number of carbonyl (C=O) groups is 1. The van der Waals surface area contributed by atoms with Crippen molar-refractivity contribution in [3.8, 4) is 0 Å². The molecule has 3 heteroatoms. The molecule has 0 saturated heterocycles. The molecule has 1 nitrogen and oxygen atoms in total. The molecule has 0 heterocycles. The van der Waals surface area contributed by atoms with Crippen molar-refractivity contribution in [3.05, 3.63) is 45.3 Å². The fourth-order valence-electron chi connectivity index (χ4n) is 1.11. The van der Waals surface area contributed by atoms with Gasteiger partial charge in [-0.25, -0.2) is 0 Å². The third-order valence-corrected chi connectivity index (χ3v) is 3.32. The molecule has 0 N–H and O–H groups in total. The zero-order chi connectivity index (χ0) is 10.6. The van der Waals surface area contributed by atoms with Crippen LogP contribution in [0.15, 0.2) is 39.7 Å². The Balaban J connectivity index is 3.02. The van der Waals surface area contributed by atoms with Crippen LogP contribution in [0.4, 0.5) is 0 Å². The summed E-state index contributed by atoms with van der Waals surface area (Å²) in [5, 5.41) is 0. The molecule has 1 rings (SSSR count). The van der Waals surface area contributed by atoms with Crippen molar-refractivity contribution in [2.45, 2.75) is 6.92 Å². The lowest BCUT2D eigenvalue weighted by Crippen LogP contribution is -2.00. The summed E-state index contributed by atoms with van der Waals surface area (Å²) in [6.07, 6.45) is 1.90. The fourth-order valence-corrected chi connectivity index (χ4v) is 2.36. The molecule has 0 aliphatic heterocycles. The van der Waals surface area contributed by atoms with Crippen LogP contribution >= 0.6 is 27.7 Å². The quantitative estimate of drug-likeness (QED) is 0.613. The maximum absolute atomic E-state index is 11.9. The van der Waals surface area contributed by atoms with E-state index in [0.29, 0.717) is 0 Å². The van der Waals surface area contributed by atoms with E-state index in [0.717, 1.165) is 15.0 Å². The Hall–Kier alpha value is -0.540. The highest BCUT2D eigenvalue weighted by atomic mass is 79.9. The third-order valence-electron chi connectivity index (χ3n) is 1.76. The van der Waals surface area contributed by atoms with E-state index in [1.165, 1.54) is 11.8 Å². The number of allylic oxidation sites excluding steroid dienone is 2. The lowest BCUT2D eigenvalue weighted by Gasteiger charge is -2.04. The van der Waals surface area contributed by atoms with Gasteiger partial charge in [-0.3, -0.25) is 4.79 Å². The zero-order valence-electron chi connectivity index (χ0n) is 8.08. The number of thioether (sulfide) groups is 1. The minimum absolute atomic E-state index is 0.0764. The molecule has 0 aliphatic carbocycles. The van der Waals surface area contributed by atoms with Gasteiger partial charge in [0, 0.05) is 10.0 Å². The molecule has 0 bridgehead atoms. The summed E-state index contributed by atoms with van der Waals surface area (Å²) in [6.45, 7) is 1.88. The summed E-state index contributed by atoms with van der Waals surface area (Å²) in [6, 6.07) is 9.30. The lowest BCUT2D eigenvalue weighted by molar-refractivity contribution is 0.104. The number of ketones is 1. The van der Waals surface area contributed by atoms with Crippen LogP contribution in [0.1, 0.15) is 17.3 Å². The first-order chi connectivity index (χ1) is 6.66. The Kier molecular flexibility index (Phi) is 4.42. The first-order valence-electron chi connectivity index (χ1n) is 4.17. The number of hydrogen-bond acceptors (Lipinski definition) is 2. The molecular weight excluding hydrogens is 260 g/mol. The van der Waals surface area contributed by atoms with Gasteiger partial charge in [0.25, 0.3) is 0 Å². The standard InChI is InChI=1S/C11H11BrOS/c1-8(12)11(14-2)10(13)9-6-4-3-5-7-9/h3-7H,1-2H3. The number of Topliss-reactive ketones (excluding diaryl/α,β-unsaturated/α-hetero) is 1. The molecule has 0 saturated carbocycles. The van der Waals surface area contributed by atoms with E-state index in [2.05, 4.69) is 15.9 Å². The van der Waals surface area contributed by atoms with Crippen LogP contribution in [0.5, 0.6) is 0 Å². The molecule has 1 aromatic rings. The van der Waals surface area contributed by atoms with E-state index in [4.69, 9.17) is 0 Å². The van der Waals surface area contributed by atoms with Gasteiger partial charge in [-0.2, -0.15) is 0 Å². The van der Waals surface area contributed by atoms with Crippen LogP contribution in [0, 0.1) is 0 Å². The average Bonchev–Trinajstić information content (AvgIpc) is 2.19. The number of benzene rings is 1. The Morgan fingerprint density at radius 1 is 1.29 bits per heavy atom. The van der Waals surface area contributed by atoms with Gasteiger partial charge in [-0.05, 0) is 13.2 Å². The number of halogens is 1. The van der Waals surface area contributed by atoms with Gasteiger partial charge in [-0.15, -0.1) is 11.8 Å². The zero-order valence-corrected chi connectivity index (χ0v) is 10.5. The van der Waals surface area contributed by atoms with Gasteiger partial charge in [0.1, 0.15) is 0 Å². The van der Waals surface area contributed by atoms with Crippen LogP contribution in [0.2, 0.25) is 0 Å². The molecule has 0 spiro atoms. The number of carbonyl (C=O) groups excluding carboxylic acids is 1. The van der Waals surface area contributed by atoms with Gasteiger partial charge >= 0.3 is 0 Å². The summed E-state index contributed by atoms with van der Waals surface area (Å²) >= 11 is 4.80. The molecule has 0 aromatic heterocycles. The van der Waals surface area contributed by atoms with Crippen molar-refractivity contribution in [1.29, 1.82) is 0 Å². The normalized spacial score (nSPS) is 12.2. The predicted octanol–water partition coefficient (Wildman–Crippen LogP) is 3.86. The second kappa shape index (κ2) is 5.37. The molecule has 0 unspecified atom stereocenters. The van der Waals surface area contributed by atoms with E-state index in [1.807, 2.05) is 43.5 Å². The second-order valence-electron chi connectivity index (χ2n) is 2.76. The average molecular weight is 271 g/mol. The van der Waals surface area contributed by atoms with Crippen LogP contribution in [0.3, 0.4) is 0 Å². The van der Waals surface area contributed by atoms with Crippen molar-refractivity contribution in [1.82, 2.24) is 0 Å². The summed E-state index contributed by atoms with van der Waals surface area (Å²) in [4.78, 5) is 12.7. The summed E-state index contributed by atoms with van der Waals surface area (Å²) < 4.78 is 0.888. The smallest absolute Gasteiger partial charge is 0.200 e. The van der Waals surface area contributed by atoms with Crippen LogP contribution in [-0.2, 0) is 0 Å². The molecule has 0 amide bonds. The first kappa shape index (κ1) is 11.5. The van der Waals surface area contributed by atoms with E-state index in [1.54, 1.807) is 0 Å². The largest absolute Gasteiger partial charge is 0.288 e. The number of rotatable bonds is 3. The maximum atomic E-state index is 11.9. The maximum Gasteiger partial charge on any atom is 0.200 e. The molecule has 1 aromatic carbocycles. The monoisotopic (exact) mass is 270 g/mol. The van der Waals surface area contributed by atoms with Gasteiger partial charge in [-0.1, -0.05) is 46.3 Å². The Bertz CT molecular complexity index is 353. The van der Waals surface area contributed by atoms with Crippen LogP contribution in [0.25, 0.3) is 0 Å². The van der Waals surface area contributed by atoms with Crippen molar-refractivity contribution >= 4 is 33.5 Å². The van der Waals surface area contributed by atoms with E-state index in [-0.39, 0.29) is 5.78 Å². The van der Waals surface area contributed by atoms with Crippen molar-refractivity contribution < 1.29 is 4.79 Å². The highest BCUT2D eigenvalue weighted by molar-refractivity contribution is 9.11. The Labute approximate surface area is 96.7 Å². The van der Waals surface area contributed by atoms with E-state index in [9.17, 15) is 4.79 Å². The summed E-state index contributed by atoms with van der Waals surface area (Å²) in [5.74, 6) is 0.0764. The predicted molar refractivity (Wildman–Crippen MR) is 65.9 cm³/mol. The second-order valence-corrected chi connectivity index (χ2v) is 4.77. The van der Waals surface area contributed by atoms with Gasteiger partial charge in [0.05, 0.1) is 4.91 Å². The number of hydrogen-bond donors (Lipinski definition) is 0. The highest BCUT2D eigenvalue weighted by Gasteiger charge is 2.12. The minimum atomic E-state index is 0.0764. The van der Waals surface area contributed by atoms with Crippen molar-refractivity contribution in [3.63, 3.8) is 0 Å². The molecule has 0 atom stereocenters. The minimum Gasteiger partial charge on any atom is -0.288 e.